The van der Waals surface area contributed by atoms with E-state index in [0.29, 0.717) is 0 Å². The van der Waals surface area contributed by atoms with Gasteiger partial charge < -0.3 is 4.74 Å². The van der Waals surface area contributed by atoms with Gasteiger partial charge in [0.05, 0.1) is 10.0 Å². The summed E-state index contributed by atoms with van der Waals surface area (Å²) >= 11 is 2.98. The summed E-state index contributed by atoms with van der Waals surface area (Å²) in [5.41, 5.74) is 0.0679. The highest BCUT2D eigenvalue weighted by atomic mass is 79.9. The highest BCUT2D eigenvalue weighted by Gasteiger charge is 2.10. The van der Waals surface area contributed by atoms with Crippen LogP contribution < -0.4 is 4.74 Å². The van der Waals surface area contributed by atoms with E-state index in [4.69, 9.17) is 4.74 Å². The van der Waals surface area contributed by atoms with E-state index in [-0.39, 0.29) is 15.8 Å². The van der Waals surface area contributed by atoms with Crippen LogP contribution >= 0.6 is 15.9 Å². The summed E-state index contributed by atoms with van der Waals surface area (Å²) in [7, 11) is 0. The molecule has 5 heteroatoms. The van der Waals surface area contributed by atoms with E-state index in [1.54, 1.807) is 0 Å². The normalized spacial score (nSPS) is 10.2. The predicted molar refractivity (Wildman–Crippen MR) is 65.5 cm³/mol. The lowest BCUT2D eigenvalue weighted by molar-refractivity contribution is 0.0734. The maximum atomic E-state index is 13.2. The molecule has 0 bridgehead atoms. The van der Waals surface area contributed by atoms with Crippen molar-refractivity contribution in [3.63, 3.8) is 0 Å². The fraction of sp³-hybridized carbons (Fsp3) is 0. The number of carbonyl (C=O) groups is 1. The molecule has 0 radical (unpaired) electrons. The van der Waals surface area contributed by atoms with Crippen LogP contribution in [0.1, 0.15) is 10.4 Å². The molecule has 0 saturated carbocycles. The fourth-order valence-corrected chi connectivity index (χ4v) is 1.57. The summed E-state index contributed by atoms with van der Waals surface area (Å²) in [5.74, 6) is -1.76. The lowest BCUT2D eigenvalue weighted by atomic mass is 10.2. The van der Waals surface area contributed by atoms with Gasteiger partial charge in [0, 0.05) is 6.07 Å². The lowest BCUT2D eigenvalue weighted by Gasteiger charge is -2.05. The van der Waals surface area contributed by atoms with Crippen LogP contribution in [0.15, 0.2) is 46.9 Å². The van der Waals surface area contributed by atoms with Crippen LogP contribution in [0.4, 0.5) is 8.78 Å². The van der Waals surface area contributed by atoms with Crippen molar-refractivity contribution in [1.82, 2.24) is 0 Å². The van der Waals surface area contributed by atoms with Crippen LogP contribution in [-0.4, -0.2) is 5.97 Å². The van der Waals surface area contributed by atoms with E-state index in [2.05, 4.69) is 15.9 Å². The zero-order chi connectivity index (χ0) is 13.1. The van der Waals surface area contributed by atoms with Crippen molar-refractivity contribution >= 4 is 21.9 Å². The van der Waals surface area contributed by atoms with Crippen LogP contribution in [0.5, 0.6) is 5.75 Å². The molecular formula is C13H7BrF2O2. The summed E-state index contributed by atoms with van der Waals surface area (Å²) < 4.78 is 31.3. The van der Waals surface area contributed by atoms with Gasteiger partial charge in [-0.25, -0.2) is 13.6 Å². The van der Waals surface area contributed by atoms with Gasteiger partial charge in [0.15, 0.2) is 0 Å². The second-order valence-electron chi connectivity index (χ2n) is 3.48. The Bertz CT molecular complexity index is 599. The van der Waals surface area contributed by atoms with E-state index in [1.807, 2.05) is 0 Å². The molecule has 0 aliphatic rings. The molecule has 2 nitrogen and oxygen atoms in total. The molecule has 0 aromatic heterocycles. The van der Waals surface area contributed by atoms with Crippen LogP contribution in [0.2, 0.25) is 0 Å². The number of halogens is 3. The fourth-order valence-electron chi connectivity index (χ4n) is 1.32. The van der Waals surface area contributed by atoms with Crippen molar-refractivity contribution in [2.24, 2.45) is 0 Å². The van der Waals surface area contributed by atoms with Crippen molar-refractivity contribution < 1.29 is 18.3 Å². The first kappa shape index (κ1) is 12.7. The van der Waals surface area contributed by atoms with Gasteiger partial charge in [-0.15, -0.1) is 0 Å². The highest BCUT2D eigenvalue weighted by molar-refractivity contribution is 9.10. The van der Waals surface area contributed by atoms with Crippen LogP contribution in [-0.2, 0) is 0 Å². The molecule has 0 aliphatic carbocycles. The molecular weight excluding hydrogens is 306 g/mol. The highest BCUT2D eigenvalue weighted by Crippen LogP contribution is 2.21. The van der Waals surface area contributed by atoms with Gasteiger partial charge >= 0.3 is 5.97 Å². The summed E-state index contributed by atoms with van der Waals surface area (Å²) in [6, 6.07) is 9.01. The Balaban J connectivity index is 2.18. The van der Waals surface area contributed by atoms with Crippen LogP contribution in [0.25, 0.3) is 0 Å². The average Bonchev–Trinajstić information content (AvgIpc) is 2.34. The van der Waals surface area contributed by atoms with Crippen molar-refractivity contribution in [3.8, 4) is 5.75 Å². The minimum absolute atomic E-state index is 0.0601. The van der Waals surface area contributed by atoms with Gasteiger partial charge in [0.25, 0.3) is 0 Å². The number of benzene rings is 2. The average molecular weight is 313 g/mol. The number of esters is 1. The Hall–Kier alpha value is -1.75. The first-order valence-corrected chi connectivity index (χ1v) is 5.78. The number of ether oxygens (including phenoxy) is 1. The third kappa shape index (κ3) is 2.92. The van der Waals surface area contributed by atoms with Crippen molar-refractivity contribution in [3.05, 3.63) is 64.1 Å². The second-order valence-corrected chi connectivity index (χ2v) is 4.33. The minimum Gasteiger partial charge on any atom is -0.423 e. The Morgan fingerprint density at radius 3 is 2.56 bits per heavy atom. The standard InChI is InChI=1S/C13H7BrF2O2/c14-11-5-4-10(7-12(11)16)18-13(17)8-2-1-3-9(15)6-8/h1-7H. The third-order valence-electron chi connectivity index (χ3n) is 2.16. The number of hydrogen-bond donors (Lipinski definition) is 0. The SMILES string of the molecule is O=C(Oc1ccc(Br)c(F)c1)c1cccc(F)c1. The van der Waals surface area contributed by atoms with Gasteiger partial charge in [-0.1, -0.05) is 6.07 Å². The Morgan fingerprint density at radius 2 is 1.89 bits per heavy atom. The lowest BCUT2D eigenvalue weighted by Crippen LogP contribution is -2.08. The Labute approximate surface area is 110 Å². The monoisotopic (exact) mass is 312 g/mol. The molecule has 0 atom stereocenters. The Morgan fingerprint density at radius 1 is 1.11 bits per heavy atom. The zero-order valence-electron chi connectivity index (χ0n) is 8.99. The quantitative estimate of drug-likeness (QED) is 0.620. The summed E-state index contributed by atoms with van der Waals surface area (Å²) in [4.78, 5) is 11.6. The van der Waals surface area contributed by atoms with Crippen molar-refractivity contribution in [1.29, 1.82) is 0 Å². The molecule has 0 heterocycles. The molecule has 0 spiro atoms. The molecule has 0 aliphatic heterocycles. The third-order valence-corrected chi connectivity index (χ3v) is 2.81. The van der Waals surface area contributed by atoms with Gasteiger partial charge in [-0.2, -0.15) is 0 Å². The summed E-state index contributed by atoms with van der Waals surface area (Å²) in [5, 5.41) is 0. The van der Waals surface area contributed by atoms with Gasteiger partial charge in [-0.05, 0) is 46.3 Å². The van der Waals surface area contributed by atoms with E-state index >= 15 is 0 Å². The Kier molecular flexibility index (Phi) is 3.72. The smallest absolute Gasteiger partial charge is 0.343 e. The van der Waals surface area contributed by atoms with Crippen molar-refractivity contribution in [2.45, 2.75) is 0 Å². The number of hydrogen-bond acceptors (Lipinski definition) is 2. The molecule has 0 unspecified atom stereocenters. The largest absolute Gasteiger partial charge is 0.423 e. The van der Waals surface area contributed by atoms with E-state index in [1.165, 1.54) is 30.3 Å². The topological polar surface area (TPSA) is 26.3 Å². The second kappa shape index (κ2) is 5.27. The molecule has 92 valence electrons. The van der Waals surface area contributed by atoms with Crippen LogP contribution in [0, 0.1) is 11.6 Å². The maximum absolute atomic E-state index is 13.2. The van der Waals surface area contributed by atoms with E-state index in [9.17, 15) is 13.6 Å². The van der Waals surface area contributed by atoms with Crippen molar-refractivity contribution in [2.75, 3.05) is 0 Å². The van der Waals surface area contributed by atoms with Crippen LogP contribution in [0.3, 0.4) is 0 Å². The van der Waals surface area contributed by atoms with Gasteiger partial charge in [0.1, 0.15) is 17.4 Å². The molecule has 0 fully saturated rings. The predicted octanol–water partition coefficient (Wildman–Crippen LogP) is 3.95. The van der Waals surface area contributed by atoms with Gasteiger partial charge in [0.2, 0.25) is 0 Å². The zero-order valence-corrected chi connectivity index (χ0v) is 10.6. The number of rotatable bonds is 2. The molecule has 0 N–H and O–H groups in total. The van der Waals surface area contributed by atoms with E-state index in [0.717, 1.165) is 12.1 Å². The molecule has 2 aromatic rings. The number of carbonyl (C=O) groups excluding carboxylic acids is 1. The van der Waals surface area contributed by atoms with E-state index < -0.39 is 17.6 Å². The molecule has 0 amide bonds. The summed E-state index contributed by atoms with van der Waals surface area (Å²) in [6.07, 6.45) is 0. The maximum Gasteiger partial charge on any atom is 0.343 e. The summed E-state index contributed by atoms with van der Waals surface area (Å²) in [6.45, 7) is 0. The molecule has 18 heavy (non-hydrogen) atoms. The first-order valence-electron chi connectivity index (χ1n) is 4.99. The molecule has 2 aromatic carbocycles. The van der Waals surface area contributed by atoms with Gasteiger partial charge in [-0.3, -0.25) is 0 Å². The minimum atomic E-state index is -0.740. The first-order chi connectivity index (χ1) is 8.56. The molecule has 0 saturated heterocycles. The molecule has 2 rings (SSSR count).